The molecule has 1 aliphatic heterocycles. The third-order valence-corrected chi connectivity index (χ3v) is 6.10. The van der Waals surface area contributed by atoms with Crippen molar-refractivity contribution >= 4 is 41.3 Å². The van der Waals surface area contributed by atoms with E-state index in [1.165, 1.54) is 12.2 Å². The molecule has 14 nitrogen and oxygen atoms in total. The predicted octanol–water partition coefficient (Wildman–Crippen LogP) is -0.477. The first-order valence-electron chi connectivity index (χ1n) is 13.3. The zero-order valence-corrected chi connectivity index (χ0v) is 23.2. The summed E-state index contributed by atoms with van der Waals surface area (Å²) >= 11 is 0. The monoisotopic (exact) mass is 574 g/mol. The average Bonchev–Trinajstić information content (AvgIpc) is 3.25. The fraction of sp³-hybridized carbons (Fsp3) is 0.481. The maximum Gasteiger partial charge on any atom is 0.312 e. The molecule has 224 valence electrons. The highest BCUT2D eigenvalue weighted by Gasteiger charge is 2.29. The van der Waals surface area contributed by atoms with Gasteiger partial charge in [0.1, 0.15) is 12.1 Å². The molecule has 2 rings (SSSR count). The quantitative estimate of drug-likeness (QED) is 0.105. The lowest BCUT2D eigenvalue weighted by atomic mass is 10.0. The maximum atomic E-state index is 13.2. The topological polar surface area (TPSA) is 209 Å². The lowest BCUT2D eigenvalue weighted by Gasteiger charge is -2.25. The number of primary amides is 1. The van der Waals surface area contributed by atoms with Crippen molar-refractivity contribution in [2.75, 3.05) is 31.6 Å². The minimum Gasteiger partial charge on any atom is -0.392 e. The molecule has 0 radical (unpaired) electrons. The lowest BCUT2D eigenvalue weighted by Crippen LogP contribution is -2.54. The van der Waals surface area contributed by atoms with E-state index in [2.05, 4.69) is 21.3 Å². The molecule has 0 aromatic heterocycles. The first-order chi connectivity index (χ1) is 19.5. The highest BCUT2D eigenvalue weighted by Crippen LogP contribution is 2.12. The van der Waals surface area contributed by atoms with Crippen LogP contribution in [0, 0.1) is 5.92 Å². The zero-order chi connectivity index (χ0) is 30.4. The smallest absolute Gasteiger partial charge is 0.312 e. The number of carbonyl (C=O) groups is 6. The van der Waals surface area contributed by atoms with Gasteiger partial charge in [0.15, 0.2) is 0 Å². The van der Waals surface area contributed by atoms with Gasteiger partial charge in [-0.15, -0.1) is 0 Å². The Bertz CT molecular complexity index is 1100. The van der Waals surface area contributed by atoms with E-state index in [4.69, 9.17) is 10.5 Å². The van der Waals surface area contributed by atoms with E-state index >= 15 is 0 Å². The lowest BCUT2D eigenvalue weighted by molar-refractivity contribution is -0.138. The van der Waals surface area contributed by atoms with Crippen molar-refractivity contribution in [3.05, 3.63) is 42.0 Å². The number of nitrogens with one attached hydrogen (secondary N) is 4. The Morgan fingerprint density at radius 3 is 2.22 bits per heavy atom. The molecule has 0 aliphatic carbocycles. The minimum atomic E-state index is -0.985. The summed E-state index contributed by atoms with van der Waals surface area (Å²) in [5.74, 6) is -2.67. The van der Waals surface area contributed by atoms with Gasteiger partial charge in [0, 0.05) is 30.8 Å². The molecule has 2 atom stereocenters. The predicted molar refractivity (Wildman–Crippen MR) is 148 cm³/mol. The number of rotatable bonds is 17. The number of hydrogen-bond donors (Lipinski definition) is 6. The van der Waals surface area contributed by atoms with Gasteiger partial charge in [-0.3, -0.25) is 28.9 Å². The van der Waals surface area contributed by atoms with Gasteiger partial charge in [-0.25, -0.2) is 4.79 Å². The Morgan fingerprint density at radius 2 is 1.63 bits per heavy atom. The zero-order valence-electron chi connectivity index (χ0n) is 23.2. The van der Waals surface area contributed by atoms with Crippen molar-refractivity contribution in [1.29, 1.82) is 0 Å². The van der Waals surface area contributed by atoms with Gasteiger partial charge in [0.05, 0.1) is 26.4 Å². The Hall–Kier alpha value is -4.30. The van der Waals surface area contributed by atoms with Crippen LogP contribution in [0.25, 0.3) is 0 Å². The van der Waals surface area contributed by atoms with Crippen LogP contribution in [0.3, 0.4) is 0 Å². The summed E-state index contributed by atoms with van der Waals surface area (Å²) < 4.78 is 5.36. The molecule has 1 aromatic rings. The van der Waals surface area contributed by atoms with Crippen LogP contribution < -0.4 is 27.0 Å². The summed E-state index contributed by atoms with van der Waals surface area (Å²) in [4.78, 5) is 73.8. The van der Waals surface area contributed by atoms with E-state index in [0.717, 1.165) is 4.90 Å². The molecule has 14 heteroatoms. The summed E-state index contributed by atoms with van der Waals surface area (Å²) in [6.07, 6.45) is 2.80. The minimum absolute atomic E-state index is 0.00881. The SMILES string of the molecule is CC(C)[C@@H](NC(=O)CCOCCN1C(=O)C=CC1=O)C(=O)N[C@@H](CCCNC(N)=O)C(=O)Nc1ccc(CO)cc1. The maximum absolute atomic E-state index is 13.2. The Labute approximate surface area is 238 Å². The fourth-order valence-corrected chi connectivity index (χ4v) is 3.83. The van der Waals surface area contributed by atoms with Crippen LogP contribution >= 0.6 is 0 Å². The first kappa shape index (κ1) is 32.9. The summed E-state index contributed by atoms with van der Waals surface area (Å²) in [6, 6.07) is 3.90. The van der Waals surface area contributed by atoms with Gasteiger partial charge in [-0.05, 0) is 36.5 Å². The second-order valence-corrected chi connectivity index (χ2v) is 9.65. The van der Waals surface area contributed by atoms with E-state index in [9.17, 15) is 33.9 Å². The van der Waals surface area contributed by atoms with Crippen LogP contribution in [0.1, 0.15) is 38.7 Å². The number of amides is 7. The largest absolute Gasteiger partial charge is 0.392 e. The van der Waals surface area contributed by atoms with Crippen LogP contribution in [-0.4, -0.2) is 84.0 Å². The van der Waals surface area contributed by atoms with E-state index in [0.29, 0.717) is 17.7 Å². The number of benzene rings is 1. The Balaban J connectivity index is 1.92. The van der Waals surface area contributed by atoms with Crippen LogP contribution in [0.4, 0.5) is 10.5 Å². The molecule has 0 bridgehead atoms. The summed E-state index contributed by atoms with van der Waals surface area (Å²) in [6.45, 7) is 3.67. The number of aliphatic hydroxyl groups excluding tert-OH is 1. The molecule has 0 fully saturated rings. The van der Waals surface area contributed by atoms with Gasteiger partial charge in [0.2, 0.25) is 17.7 Å². The molecule has 7 N–H and O–H groups in total. The highest BCUT2D eigenvalue weighted by atomic mass is 16.5. The van der Waals surface area contributed by atoms with Crippen molar-refractivity contribution in [2.24, 2.45) is 11.7 Å². The van der Waals surface area contributed by atoms with Crippen LogP contribution in [0.2, 0.25) is 0 Å². The number of ether oxygens (including phenoxy) is 1. The van der Waals surface area contributed by atoms with Gasteiger partial charge in [-0.1, -0.05) is 26.0 Å². The average molecular weight is 575 g/mol. The van der Waals surface area contributed by atoms with Gasteiger partial charge < -0.3 is 36.8 Å². The number of urea groups is 1. The third kappa shape index (κ3) is 11.4. The Morgan fingerprint density at radius 1 is 0.976 bits per heavy atom. The Kier molecular flexibility index (Phi) is 13.4. The van der Waals surface area contributed by atoms with E-state index < -0.39 is 47.7 Å². The van der Waals surface area contributed by atoms with Crippen LogP contribution in [0.5, 0.6) is 0 Å². The molecule has 0 saturated heterocycles. The summed E-state index contributed by atoms with van der Waals surface area (Å²) in [5, 5.41) is 19.7. The number of carbonyl (C=O) groups excluding carboxylic acids is 6. The van der Waals surface area contributed by atoms with Gasteiger partial charge >= 0.3 is 6.03 Å². The van der Waals surface area contributed by atoms with Crippen molar-refractivity contribution in [1.82, 2.24) is 20.9 Å². The standard InChI is InChI=1S/C27H38N6O8/c1-17(2)24(32-21(35)11-14-41-15-13-33-22(36)9-10-23(33)37)26(39)31-20(4-3-12-29-27(28)40)25(38)30-19-7-5-18(16-34)6-8-19/h5-10,17,20,24,34H,3-4,11-16H2,1-2H3,(H,30,38)(H,31,39)(H,32,35)(H3,28,29,40)/t20-,24+/m0/s1. The molecule has 0 unspecified atom stereocenters. The molecule has 1 heterocycles. The second-order valence-electron chi connectivity index (χ2n) is 9.65. The molecule has 7 amide bonds. The molecule has 1 aliphatic rings. The molecule has 0 spiro atoms. The van der Waals surface area contributed by atoms with Crippen molar-refractivity contribution < 1.29 is 38.6 Å². The molecule has 41 heavy (non-hydrogen) atoms. The van der Waals surface area contributed by atoms with Crippen molar-refractivity contribution in [3.8, 4) is 0 Å². The third-order valence-electron chi connectivity index (χ3n) is 6.10. The second kappa shape index (κ2) is 16.7. The molecular weight excluding hydrogens is 536 g/mol. The van der Waals surface area contributed by atoms with Gasteiger partial charge in [0.25, 0.3) is 11.8 Å². The van der Waals surface area contributed by atoms with Crippen LogP contribution in [-0.2, 0) is 35.3 Å². The number of nitrogens with zero attached hydrogens (tertiary/aromatic N) is 1. The molecule has 1 aromatic carbocycles. The van der Waals surface area contributed by atoms with E-state index in [1.807, 2.05) is 0 Å². The van der Waals surface area contributed by atoms with Gasteiger partial charge in [-0.2, -0.15) is 0 Å². The van der Waals surface area contributed by atoms with E-state index in [1.54, 1.807) is 38.1 Å². The number of hydrogen-bond acceptors (Lipinski definition) is 8. The number of aliphatic hydroxyl groups is 1. The van der Waals surface area contributed by atoms with E-state index in [-0.39, 0.29) is 51.7 Å². The molecule has 0 saturated carbocycles. The number of imide groups is 1. The normalized spacial score (nSPS) is 14.1. The van der Waals surface area contributed by atoms with Crippen molar-refractivity contribution in [2.45, 2.75) is 51.8 Å². The first-order valence-corrected chi connectivity index (χ1v) is 13.3. The molecular formula is C27H38N6O8. The highest BCUT2D eigenvalue weighted by molar-refractivity contribution is 6.12. The summed E-state index contributed by atoms with van der Waals surface area (Å²) in [7, 11) is 0. The summed E-state index contributed by atoms with van der Waals surface area (Å²) in [5.41, 5.74) is 6.22. The fourth-order valence-electron chi connectivity index (χ4n) is 3.83. The van der Waals surface area contributed by atoms with Crippen molar-refractivity contribution in [3.63, 3.8) is 0 Å². The van der Waals surface area contributed by atoms with Crippen LogP contribution in [0.15, 0.2) is 36.4 Å². The number of anilines is 1. The number of nitrogens with two attached hydrogens (primary N) is 1.